The summed E-state index contributed by atoms with van der Waals surface area (Å²) in [5.74, 6) is 3.40. The van der Waals surface area contributed by atoms with E-state index in [1.165, 1.54) is 17.9 Å². The van der Waals surface area contributed by atoms with Crippen LogP contribution in [0.1, 0.15) is 40.0 Å². The Hall–Kier alpha value is -0.420. The zero-order chi connectivity index (χ0) is 14.6. The van der Waals surface area contributed by atoms with Crippen LogP contribution in [0.15, 0.2) is 0 Å². The lowest BCUT2D eigenvalue weighted by Crippen LogP contribution is -2.42. The lowest BCUT2D eigenvalue weighted by atomic mass is 10.1. The van der Waals surface area contributed by atoms with Gasteiger partial charge in [-0.25, -0.2) is 4.79 Å². The fourth-order valence-corrected chi connectivity index (χ4v) is 3.66. The van der Waals surface area contributed by atoms with Gasteiger partial charge in [0, 0.05) is 19.1 Å². The van der Waals surface area contributed by atoms with Crippen LogP contribution in [-0.2, 0) is 4.74 Å². The summed E-state index contributed by atoms with van der Waals surface area (Å²) in [4.78, 5) is 14.1. The van der Waals surface area contributed by atoms with Gasteiger partial charge in [0.05, 0.1) is 0 Å². The zero-order valence-electron chi connectivity index (χ0n) is 13.0. The van der Waals surface area contributed by atoms with Crippen molar-refractivity contribution in [2.75, 3.05) is 31.1 Å². The molecule has 2 rings (SSSR count). The molecule has 0 bridgehead atoms. The Balaban J connectivity index is 1.68. The molecule has 4 nitrogen and oxygen atoms in total. The second-order valence-electron chi connectivity index (χ2n) is 6.84. The Kier molecular flexibility index (Phi) is 5.61. The van der Waals surface area contributed by atoms with Crippen LogP contribution in [0.5, 0.6) is 0 Å². The summed E-state index contributed by atoms with van der Waals surface area (Å²) in [5, 5.41) is 3.50. The standard InChI is InChI=1S/C15H28N2O2S/c1-15(2,3)19-14(18)17(13-4-5-13)8-7-16-10-12-6-9-20-11-12/h12-13,16H,4-11H2,1-3H3. The molecule has 2 fully saturated rings. The molecule has 1 heterocycles. The molecule has 1 saturated carbocycles. The number of hydrogen-bond acceptors (Lipinski definition) is 4. The van der Waals surface area contributed by atoms with Gasteiger partial charge in [-0.1, -0.05) is 0 Å². The molecule has 0 aromatic heterocycles. The molecule has 20 heavy (non-hydrogen) atoms. The quantitative estimate of drug-likeness (QED) is 0.766. The van der Waals surface area contributed by atoms with E-state index in [1.54, 1.807) is 0 Å². The third-order valence-corrected chi connectivity index (χ3v) is 4.83. The van der Waals surface area contributed by atoms with Gasteiger partial charge in [0.15, 0.2) is 0 Å². The van der Waals surface area contributed by atoms with E-state index in [1.807, 2.05) is 37.4 Å². The van der Waals surface area contributed by atoms with Gasteiger partial charge in [0.2, 0.25) is 0 Å². The van der Waals surface area contributed by atoms with Crippen molar-refractivity contribution < 1.29 is 9.53 Å². The predicted octanol–water partition coefficient (Wildman–Crippen LogP) is 2.73. The van der Waals surface area contributed by atoms with Crippen LogP contribution in [0.25, 0.3) is 0 Å². The summed E-state index contributed by atoms with van der Waals surface area (Å²) in [6.45, 7) is 8.49. The lowest BCUT2D eigenvalue weighted by molar-refractivity contribution is 0.0236. The molecule has 1 saturated heterocycles. The molecule has 0 aromatic rings. The molecule has 0 aromatic carbocycles. The second-order valence-corrected chi connectivity index (χ2v) is 7.99. The number of carbonyl (C=O) groups excluding carboxylic acids is 1. The van der Waals surface area contributed by atoms with Crippen LogP contribution in [0.2, 0.25) is 0 Å². The van der Waals surface area contributed by atoms with Crippen LogP contribution in [0.4, 0.5) is 4.79 Å². The van der Waals surface area contributed by atoms with Crippen molar-refractivity contribution in [1.82, 2.24) is 10.2 Å². The summed E-state index contributed by atoms with van der Waals surface area (Å²) in [7, 11) is 0. The molecule has 0 spiro atoms. The number of nitrogens with one attached hydrogen (secondary N) is 1. The predicted molar refractivity (Wildman–Crippen MR) is 84.3 cm³/mol. The first kappa shape index (κ1) is 16.0. The summed E-state index contributed by atoms with van der Waals surface area (Å²) in [6, 6.07) is 0.411. The van der Waals surface area contributed by atoms with Crippen molar-refractivity contribution in [2.24, 2.45) is 5.92 Å². The Morgan fingerprint density at radius 1 is 1.35 bits per heavy atom. The number of ether oxygens (including phenoxy) is 1. The van der Waals surface area contributed by atoms with Crippen molar-refractivity contribution in [3.8, 4) is 0 Å². The van der Waals surface area contributed by atoms with E-state index < -0.39 is 5.60 Å². The Bertz CT molecular complexity index is 320. The van der Waals surface area contributed by atoms with Crippen molar-refractivity contribution in [3.05, 3.63) is 0 Å². The summed E-state index contributed by atoms with van der Waals surface area (Å²) in [5.41, 5.74) is -0.404. The first-order valence-corrected chi connectivity index (χ1v) is 8.89. The lowest BCUT2D eigenvalue weighted by Gasteiger charge is -2.27. The van der Waals surface area contributed by atoms with E-state index in [-0.39, 0.29) is 6.09 Å². The molecule has 116 valence electrons. The maximum absolute atomic E-state index is 12.2. The highest BCUT2D eigenvalue weighted by molar-refractivity contribution is 7.99. The molecule has 1 amide bonds. The van der Waals surface area contributed by atoms with E-state index in [9.17, 15) is 4.79 Å². The van der Waals surface area contributed by atoms with Crippen molar-refractivity contribution in [1.29, 1.82) is 0 Å². The molecule has 1 aliphatic carbocycles. The van der Waals surface area contributed by atoms with Crippen LogP contribution in [0.3, 0.4) is 0 Å². The van der Waals surface area contributed by atoms with Crippen molar-refractivity contribution in [2.45, 2.75) is 51.7 Å². The highest BCUT2D eigenvalue weighted by Gasteiger charge is 2.34. The largest absolute Gasteiger partial charge is 0.444 e. The summed E-state index contributed by atoms with van der Waals surface area (Å²) < 4.78 is 5.49. The molecule has 5 heteroatoms. The monoisotopic (exact) mass is 300 g/mol. The van der Waals surface area contributed by atoms with E-state index in [4.69, 9.17) is 4.74 Å². The number of carbonyl (C=O) groups is 1. The fourth-order valence-electron chi connectivity index (χ4n) is 2.38. The van der Waals surface area contributed by atoms with Gasteiger partial charge >= 0.3 is 6.09 Å². The Labute approximate surface area is 127 Å². The molecule has 1 atom stereocenters. The second kappa shape index (κ2) is 7.03. The molecular weight excluding hydrogens is 272 g/mol. The molecule has 0 radical (unpaired) electrons. The van der Waals surface area contributed by atoms with Crippen molar-refractivity contribution >= 4 is 17.9 Å². The summed E-state index contributed by atoms with van der Waals surface area (Å²) >= 11 is 2.05. The molecule has 1 N–H and O–H groups in total. The van der Waals surface area contributed by atoms with Crippen molar-refractivity contribution in [3.63, 3.8) is 0 Å². The number of amides is 1. The van der Waals surface area contributed by atoms with E-state index >= 15 is 0 Å². The molecule has 1 unspecified atom stereocenters. The zero-order valence-corrected chi connectivity index (χ0v) is 13.8. The van der Waals surface area contributed by atoms with Gasteiger partial charge in [0.1, 0.15) is 5.60 Å². The Morgan fingerprint density at radius 2 is 2.10 bits per heavy atom. The minimum atomic E-state index is -0.404. The molecular formula is C15H28N2O2S. The smallest absolute Gasteiger partial charge is 0.410 e. The maximum Gasteiger partial charge on any atom is 0.410 e. The third kappa shape index (κ3) is 5.52. The number of thioether (sulfide) groups is 1. The summed E-state index contributed by atoms with van der Waals surface area (Å²) in [6.07, 6.45) is 3.42. The molecule has 2 aliphatic rings. The SMILES string of the molecule is CC(C)(C)OC(=O)N(CCNCC1CCSC1)C1CC1. The van der Waals surface area contributed by atoms with Gasteiger partial charge in [0.25, 0.3) is 0 Å². The first-order valence-electron chi connectivity index (χ1n) is 7.74. The van der Waals surface area contributed by atoms with Crippen LogP contribution in [0, 0.1) is 5.92 Å². The first-order chi connectivity index (χ1) is 9.46. The van der Waals surface area contributed by atoms with Gasteiger partial charge in [-0.15, -0.1) is 0 Å². The minimum absolute atomic E-state index is 0.154. The average molecular weight is 300 g/mol. The van der Waals surface area contributed by atoms with Gasteiger partial charge < -0.3 is 15.0 Å². The maximum atomic E-state index is 12.2. The number of nitrogens with zero attached hydrogens (tertiary/aromatic N) is 1. The average Bonchev–Trinajstić information content (AvgIpc) is 3.03. The van der Waals surface area contributed by atoms with Crippen LogP contribution in [-0.4, -0.2) is 53.8 Å². The molecule has 1 aliphatic heterocycles. The van der Waals surface area contributed by atoms with Crippen LogP contribution < -0.4 is 5.32 Å². The number of rotatable bonds is 6. The topological polar surface area (TPSA) is 41.6 Å². The van der Waals surface area contributed by atoms with Gasteiger partial charge in [-0.05, 0) is 64.0 Å². The van der Waals surface area contributed by atoms with Crippen LogP contribution >= 0.6 is 11.8 Å². The van der Waals surface area contributed by atoms with Gasteiger partial charge in [-0.3, -0.25) is 0 Å². The third-order valence-electron chi connectivity index (χ3n) is 3.60. The number of hydrogen-bond donors (Lipinski definition) is 1. The van der Waals surface area contributed by atoms with E-state index in [0.29, 0.717) is 6.04 Å². The van der Waals surface area contributed by atoms with E-state index in [0.717, 1.165) is 38.4 Å². The fraction of sp³-hybridized carbons (Fsp3) is 0.933. The normalized spacial score (nSPS) is 22.9. The highest BCUT2D eigenvalue weighted by Crippen LogP contribution is 2.28. The highest BCUT2D eigenvalue weighted by atomic mass is 32.2. The Morgan fingerprint density at radius 3 is 2.65 bits per heavy atom. The van der Waals surface area contributed by atoms with Gasteiger partial charge in [-0.2, -0.15) is 11.8 Å². The van der Waals surface area contributed by atoms with E-state index in [2.05, 4.69) is 5.32 Å². The minimum Gasteiger partial charge on any atom is -0.444 e.